The number of methoxy groups -OCH3 is 2. The fourth-order valence-corrected chi connectivity index (χ4v) is 2.43. The molecule has 0 bridgehead atoms. The van der Waals surface area contributed by atoms with Crippen LogP contribution < -0.4 is 14.8 Å². The molecule has 0 atom stereocenters. The third-order valence-corrected chi connectivity index (χ3v) is 3.35. The van der Waals surface area contributed by atoms with E-state index in [9.17, 15) is 0 Å². The number of nitrogens with one attached hydrogen (secondary N) is 2. The minimum atomic E-state index is 0.124. The van der Waals surface area contributed by atoms with Crippen LogP contribution in [-0.2, 0) is 0 Å². The Morgan fingerprint density at radius 2 is 1.88 bits per heavy atom. The number of halogens is 1. The minimum absolute atomic E-state index is 0.124. The van der Waals surface area contributed by atoms with Crippen LogP contribution >= 0.6 is 11.6 Å². The van der Waals surface area contributed by atoms with Gasteiger partial charge < -0.3 is 19.8 Å². The van der Waals surface area contributed by atoms with Gasteiger partial charge in [-0.05, 0) is 30.2 Å². The largest absolute Gasteiger partial charge is 0.493 e. The summed E-state index contributed by atoms with van der Waals surface area (Å²) in [5.41, 5.74) is 2.91. The highest BCUT2D eigenvalue weighted by molar-refractivity contribution is 6.28. The number of hydrogen-bond donors (Lipinski definition) is 2. The van der Waals surface area contributed by atoms with Gasteiger partial charge in [-0.3, -0.25) is 0 Å². The number of hydrogen-bond acceptors (Lipinski definition) is 6. The number of H-pyrrole nitrogens is 1. The standard InChI is InChI=1S/C14H14ClN5O2.C2H6/c1-7-4-8(5-9(21-2)11(7)22-3)18-13-10-12(17-6-16-10)19-14(15)20-13;1-2/h4-6H,1-3H3,(H2,16,17,18,19,20);1-2H3. The molecule has 24 heavy (non-hydrogen) atoms. The first-order valence-corrected chi connectivity index (χ1v) is 7.86. The second-order valence-electron chi connectivity index (χ2n) is 4.60. The fraction of sp³-hybridized carbons (Fsp3) is 0.312. The van der Waals surface area contributed by atoms with E-state index in [4.69, 9.17) is 21.1 Å². The number of nitrogens with zero attached hydrogens (tertiary/aromatic N) is 3. The lowest BCUT2D eigenvalue weighted by Gasteiger charge is -2.14. The molecule has 3 aromatic rings. The lowest BCUT2D eigenvalue weighted by molar-refractivity contribution is 0.353. The van der Waals surface area contributed by atoms with Crippen LogP contribution in [0.15, 0.2) is 18.5 Å². The van der Waals surface area contributed by atoms with Gasteiger partial charge in [0, 0.05) is 11.8 Å². The second-order valence-corrected chi connectivity index (χ2v) is 4.93. The van der Waals surface area contributed by atoms with Crippen LogP contribution in [0.2, 0.25) is 5.28 Å². The summed E-state index contributed by atoms with van der Waals surface area (Å²) in [5, 5.41) is 3.32. The van der Waals surface area contributed by atoms with Crippen molar-refractivity contribution < 1.29 is 9.47 Å². The normalized spacial score (nSPS) is 10.1. The van der Waals surface area contributed by atoms with Crippen molar-refractivity contribution in [3.8, 4) is 11.5 Å². The molecule has 2 N–H and O–H groups in total. The molecule has 2 heterocycles. The van der Waals surface area contributed by atoms with E-state index in [1.165, 1.54) is 0 Å². The molecule has 128 valence electrons. The third-order valence-electron chi connectivity index (χ3n) is 3.19. The zero-order chi connectivity index (χ0) is 17.7. The molecule has 0 aliphatic carbocycles. The molecule has 0 unspecified atom stereocenters. The number of benzene rings is 1. The maximum Gasteiger partial charge on any atom is 0.226 e. The maximum atomic E-state index is 5.92. The van der Waals surface area contributed by atoms with Crippen LogP contribution in [0.5, 0.6) is 11.5 Å². The quantitative estimate of drug-likeness (QED) is 0.690. The van der Waals surface area contributed by atoms with Crippen LogP contribution in [0.3, 0.4) is 0 Å². The van der Waals surface area contributed by atoms with E-state index >= 15 is 0 Å². The Balaban J connectivity index is 0.00000100. The SMILES string of the molecule is CC.COc1cc(Nc2nc(Cl)nc3nc[nH]c23)cc(C)c1OC. The zero-order valence-electron chi connectivity index (χ0n) is 14.3. The number of rotatable bonds is 4. The molecule has 0 fully saturated rings. The smallest absolute Gasteiger partial charge is 0.226 e. The van der Waals surface area contributed by atoms with Crippen molar-refractivity contribution >= 4 is 34.3 Å². The first kappa shape index (κ1) is 17.8. The highest BCUT2D eigenvalue weighted by Crippen LogP contribution is 2.35. The highest BCUT2D eigenvalue weighted by atomic mass is 35.5. The number of aromatic amines is 1. The Morgan fingerprint density at radius 3 is 2.54 bits per heavy atom. The number of fused-ring (bicyclic) bond motifs is 1. The summed E-state index contributed by atoms with van der Waals surface area (Å²) in [6, 6.07) is 3.75. The van der Waals surface area contributed by atoms with Crippen molar-refractivity contribution in [1.29, 1.82) is 0 Å². The van der Waals surface area contributed by atoms with Gasteiger partial charge in [0.15, 0.2) is 23.0 Å². The number of imidazole rings is 1. The van der Waals surface area contributed by atoms with E-state index in [2.05, 4.69) is 25.3 Å². The Bertz CT molecular complexity index is 835. The summed E-state index contributed by atoms with van der Waals surface area (Å²) in [7, 11) is 3.20. The lowest BCUT2D eigenvalue weighted by Crippen LogP contribution is -2.00. The molecule has 0 spiro atoms. The Kier molecular flexibility index (Phi) is 5.81. The van der Waals surface area contributed by atoms with Gasteiger partial charge >= 0.3 is 0 Å². The van der Waals surface area contributed by atoms with Crippen molar-refractivity contribution in [3.63, 3.8) is 0 Å². The van der Waals surface area contributed by atoms with Crippen molar-refractivity contribution in [2.24, 2.45) is 0 Å². The first-order valence-electron chi connectivity index (χ1n) is 7.48. The molecule has 3 rings (SSSR count). The van der Waals surface area contributed by atoms with Gasteiger partial charge in [0.05, 0.1) is 20.5 Å². The van der Waals surface area contributed by atoms with Gasteiger partial charge in [0.25, 0.3) is 0 Å². The molecular weight excluding hydrogens is 330 g/mol. The molecule has 7 nitrogen and oxygen atoms in total. The number of ether oxygens (including phenoxy) is 2. The van der Waals surface area contributed by atoms with E-state index in [1.807, 2.05) is 32.9 Å². The van der Waals surface area contributed by atoms with E-state index < -0.39 is 0 Å². The predicted octanol–water partition coefficient (Wildman–Crippen LogP) is 4.10. The molecular formula is C16H20ClN5O2. The van der Waals surface area contributed by atoms with Gasteiger partial charge in [-0.1, -0.05) is 13.8 Å². The summed E-state index contributed by atoms with van der Waals surface area (Å²) in [5.74, 6) is 1.87. The molecule has 1 aromatic carbocycles. The van der Waals surface area contributed by atoms with Crippen LogP contribution in [0, 0.1) is 6.92 Å². The average molecular weight is 350 g/mol. The summed E-state index contributed by atoms with van der Waals surface area (Å²) in [4.78, 5) is 15.3. The van der Waals surface area contributed by atoms with Gasteiger partial charge in [0.1, 0.15) is 5.52 Å². The molecule has 8 heteroatoms. The Morgan fingerprint density at radius 1 is 1.12 bits per heavy atom. The van der Waals surface area contributed by atoms with E-state index in [0.717, 1.165) is 11.3 Å². The van der Waals surface area contributed by atoms with Crippen molar-refractivity contribution in [1.82, 2.24) is 19.9 Å². The van der Waals surface area contributed by atoms with Gasteiger partial charge in [0.2, 0.25) is 5.28 Å². The Labute approximate surface area is 145 Å². The third kappa shape index (κ3) is 3.51. The van der Waals surface area contributed by atoms with Crippen LogP contribution in [0.4, 0.5) is 11.5 Å². The molecule has 0 saturated carbocycles. The van der Waals surface area contributed by atoms with Gasteiger partial charge in [-0.25, -0.2) is 4.98 Å². The van der Waals surface area contributed by atoms with E-state index in [-0.39, 0.29) is 5.28 Å². The molecule has 0 saturated heterocycles. The lowest BCUT2D eigenvalue weighted by atomic mass is 10.2. The van der Waals surface area contributed by atoms with Gasteiger partial charge in [-0.15, -0.1) is 0 Å². The van der Waals surface area contributed by atoms with Crippen LogP contribution in [0.1, 0.15) is 19.4 Å². The molecule has 0 radical (unpaired) electrons. The van der Waals surface area contributed by atoms with Gasteiger partial charge in [-0.2, -0.15) is 9.97 Å². The molecule has 2 aromatic heterocycles. The first-order chi connectivity index (χ1) is 11.6. The Hall–Kier alpha value is -2.54. The van der Waals surface area contributed by atoms with Crippen molar-refractivity contribution in [2.75, 3.05) is 19.5 Å². The second kappa shape index (κ2) is 7.83. The number of aryl methyl sites for hydroxylation is 1. The predicted molar refractivity (Wildman–Crippen MR) is 95.6 cm³/mol. The maximum absolute atomic E-state index is 5.92. The van der Waals surface area contributed by atoms with E-state index in [1.54, 1.807) is 20.5 Å². The summed E-state index contributed by atoms with van der Waals surface area (Å²) >= 11 is 5.92. The summed E-state index contributed by atoms with van der Waals surface area (Å²) in [6.07, 6.45) is 1.54. The number of aromatic nitrogens is 4. The molecule has 0 aliphatic heterocycles. The number of anilines is 2. The summed E-state index contributed by atoms with van der Waals surface area (Å²) in [6.45, 7) is 5.94. The molecule has 0 aliphatic rings. The minimum Gasteiger partial charge on any atom is -0.493 e. The van der Waals surface area contributed by atoms with E-state index in [0.29, 0.717) is 28.5 Å². The van der Waals surface area contributed by atoms with Crippen molar-refractivity contribution in [3.05, 3.63) is 29.3 Å². The average Bonchev–Trinajstić information content (AvgIpc) is 3.04. The monoisotopic (exact) mass is 349 g/mol. The zero-order valence-corrected chi connectivity index (χ0v) is 15.0. The van der Waals surface area contributed by atoms with Crippen LogP contribution in [-0.4, -0.2) is 34.2 Å². The molecule has 0 amide bonds. The van der Waals surface area contributed by atoms with Crippen molar-refractivity contribution in [2.45, 2.75) is 20.8 Å². The fourth-order valence-electron chi connectivity index (χ4n) is 2.26. The van der Waals surface area contributed by atoms with Crippen LogP contribution in [0.25, 0.3) is 11.2 Å². The topological polar surface area (TPSA) is 85.0 Å². The summed E-state index contributed by atoms with van der Waals surface area (Å²) < 4.78 is 10.7. The highest BCUT2D eigenvalue weighted by Gasteiger charge is 2.13.